The summed E-state index contributed by atoms with van der Waals surface area (Å²) < 4.78 is 12.9. The molecule has 0 unspecified atom stereocenters. The van der Waals surface area contributed by atoms with Crippen molar-refractivity contribution in [1.29, 1.82) is 0 Å². The molecule has 14 heavy (non-hydrogen) atoms. The molecule has 74 valence electrons. The first-order valence-corrected chi connectivity index (χ1v) is 5.03. The second-order valence-corrected chi connectivity index (χ2v) is 3.57. The summed E-state index contributed by atoms with van der Waals surface area (Å²) in [5.41, 5.74) is 3.59. The minimum absolute atomic E-state index is 0.189. The van der Waals surface area contributed by atoms with Crippen molar-refractivity contribution in [3.8, 4) is 0 Å². The van der Waals surface area contributed by atoms with E-state index in [2.05, 4.69) is 12.2 Å². The standard InChI is InChI=1S/C12H14FN/c1-2-12(9-6-7-9)14-11-5-3-4-10(13)8-11/h3-5,8,14H,2,6-7H2,1H3. The highest BCUT2D eigenvalue weighted by Crippen LogP contribution is 2.33. The molecule has 1 nitrogen and oxygen atoms in total. The van der Waals surface area contributed by atoms with Gasteiger partial charge in [-0.3, -0.25) is 0 Å². The van der Waals surface area contributed by atoms with E-state index in [4.69, 9.17) is 0 Å². The van der Waals surface area contributed by atoms with Gasteiger partial charge < -0.3 is 5.32 Å². The third kappa shape index (κ3) is 2.13. The Bertz CT molecular complexity index is 362. The van der Waals surface area contributed by atoms with Gasteiger partial charge in [-0.2, -0.15) is 0 Å². The Labute approximate surface area is 83.6 Å². The Hall–Kier alpha value is -1.31. The third-order valence-corrected chi connectivity index (χ3v) is 2.40. The summed E-state index contributed by atoms with van der Waals surface area (Å²) in [7, 11) is 0. The van der Waals surface area contributed by atoms with Crippen molar-refractivity contribution < 1.29 is 4.39 Å². The third-order valence-electron chi connectivity index (χ3n) is 2.40. The molecule has 0 radical (unpaired) electrons. The summed E-state index contributed by atoms with van der Waals surface area (Å²) in [4.78, 5) is 0. The van der Waals surface area contributed by atoms with Gasteiger partial charge in [0.2, 0.25) is 0 Å². The van der Waals surface area contributed by atoms with Crippen LogP contribution in [0.4, 0.5) is 10.1 Å². The highest BCUT2D eigenvalue weighted by molar-refractivity contribution is 5.50. The Morgan fingerprint density at radius 3 is 2.79 bits per heavy atom. The van der Waals surface area contributed by atoms with Crippen LogP contribution in [0.2, 0.25) is 0 Å². The van der Waals surface area contributed by atoms with Crippen molar-refractivity contribution in [2.24, 2.45) is 0 Å². The number of benzene rings is 1. The predicted octanol–water partition coefficient (Wildman–Crippen LogP) is 3.70. The largest absolute Gasteiger partial charge is 0.359 e. The molecule has 0 bridgehead atoms. The van der Waals surface area contributed by atoms with Crippen LogP contribution in [0.3, 0.4) is 0 Å². The molecule has 0 aliphatic heterocycles. The Balaban J connectivity index is 2.14. The number of anilines is 1. The topological polar surface area (TPSA) is 12.0 Å². The first-order chi connectivity index (χ1) is 6.79. The number of hydrogen-bond donors (Lipinski definition) is 1. The van der Waals surface area contributed by atoms with Gasteiger partial charge in [-0.25, -0.2) is 4.39 Å². The minimum atomic E-state index is -0.189. The van der Waals surface area contributed by atoms with E-state index in [0.29, 0.717) is 0 Å². The van der Waals surface area contributed by atoms with Gasteiger partial charge in [0.1, 0.15) is 5.82 Å². The summed E-state index contributed by atoms with van der Waals surface area (Å²) in [6.07, 6.45) is 3.39. The van der Waals surface area contributed by atoms with Gasteiger partial charge in [-0.05, 0) is 37.5 Å². The monoisotopic (exact) mass is 191 g/mol. The quantitative estimate of drug-likeness (QED) is 0.768. The lowest BCUT2D eigenvalue weighted by molar-refractivity contribution is 0.628. The summed E-state index contributed by atoms with van der Waals surface area (Å²) in [6, 6.07) is 6.60. The van der Waals surface area contributed by atoms with E-state index in [9.17, 15) is 4.39 Å². The molecule has 1 aromatic rings. The predicted molar refractivity (Wildman–Crippen MR) is 56.6 cm³/mol. The molecule has 1 aromatic carbocycles. The number of rotatable bonds is 3. The molecule has 1 aliphatic carbocycles. The van der Waals surface area contributed by atoms with E-state index in [1.54, 1.807) is 6.07 Å². The molecular formula is C12H14FN. The van der Waals surface area contributed by atoms with Gasteiger partial charge in [0.25, 0.3) is 0 Å². The van der Waals surface area contributed by atoms with E-state index in [1.807, 2.05) is 6.07 Å². The van der Waals surface area contributed by atoms with Gasteiger partial charge in [0.05, 0.1) is 0 Å². The maximum Gasteiger partial charge on any atom is 0.125 e. The Kier molecular flexibility index (Phi) is 2.53. The van der Waals surface area contributed by atoms with Gasteiger partial charge in [0, 0.05) is 11.4 Å². The first-order valence-electron chi connectivity index (χ1n) is 5.03. The molecule has 0 spiro atoms. The Morgan fingerprint density at radius 2 is 2.21 bits per heavy atom. The van der Waals surface area contributed by atoms with Gasteiger partial charge >= 0.3 is 0 Å². The van der Waals surface area contributed by atoms with E-state index in [0.717, 1.165) is 12.1 Å². The van der Waals surface area contributed by atoms with Crippen molar-refractivity contribution in [1.82, 2.24) is 0 Å². The molecule has 2 rings (SSSR count). The van der Waals surface area contributed by atoms with Crippen molar-refractivity contribution in [3.05, 3.63) is 41.4 Å². The summed E-state index contributed by atoms with van der Waals surface area (Å²) >= 11 is 0. The van der Waals surface area contributed by atoms with Gasteiger partial charge in [-0.1, -0.05) is 18.6 Å². The molecule has 1 N–H and O–H groups in total. The molecule has 0 saturated heterocycles. The van der Waals surface area contributed by atoms with Crippen LogP contribution in [0.1, 0.15) is 26.2 Å². The van der Waals surface area contributed by atoms with Crippen LogP contribution in [-0.4, -0.2) is 0 Å². The zero-order chi connectivity index (χ0) is 9.97. The SMILES string of the molecule is CCC(Nc1cccc(F)c1)=C1CC1. The van der Waals surface area contributed by atoms with Crippen LogP contribution in [0.15, 0.2) is 35.5 Å². The van der Waals surface area contributed by atoms with Crippen LogP contribution in [-0.2, 0) is 0 Å². The fraction of sp³-hybridized carbons (Fsp3) is 0.333. The van der Waals surface area contributed by atoms with Crippen LogP contribution >= 0.6 is 0 Å². The van der Waals surface area contributed by atoms with E-state index >= 15 is 0 Å². The van der Waals surface area contributed by atoms with Crippen LogP contribution in [0.25, 0.3) is 0 Å². The summed E-state index contributed by atoms with van der Waals surface area (Å²) in [6.45, 7) is 2.12. The number of nitrogens with one attached hydrogen (secondary N) is 1. The van der Waals surface area contributed by atoms with E-state index in [1.165, 1.54) is 36.2 Å². The highest BCUT2D eigenvalue weighted by atomic mass is 19.1. The maximum absolute atomic E-state index is 12.9. The average molecular weight is 191 g/mol. The van der Waals surface area contributed by atoms with Gasteiger partial charge in [-0.15, -0.1) is 0 Å². The minimum Gasteiger partial charge on any atom is -0.359 e. The number of halogens is 1. The number of hydrogen-bond acceptors (Lipinski definition) is 1. The molecule has 2 heteroatoms. The molecule has 1 saturated carbocycles. The second kappa shape index (κ2) is 3.82. The fourth-order valence-corrected chi connectivity index (χ4v) is 1.53. The van der Waals surface area contributed by atoms with E-state index in [-0.39, 0.29) is 5.82 Å². The zero-order valence-electron chi connectivity index (χ0n) is 8.31. The lowest BCUT2D eigenvalue weighted by Gasteiger charge is -2.08. The normalized spacial score (nSPS) is 14.0. The van der Waals surface area contributed by atoms with Crippen LogP contribution < -0.4 is 5.32 Å². The fourth-order valence-electron chi connectivity index (χ4n) is 1.53. The van der Waals surface area contributed by atoms with Crippen molar-refractivity contribution in [2.75, 3.05) is 5.32 Å². The molecule has 0 atom stereocenters. The average Bonchev–Trinajstić information content (AvgIpc) is 2.97. The molecule has 0 heterocycles. The lowest BCUT2D eigenvalue weighted by atomic mass is 10.2. The molecule has 0 aromatic heterocycles. The summed E-state index contributed by atoms with van der Waals surface area (Å²) in [5.74, 6) is -0.189. The summed E-state index contributed by atoms with van der Waals surface area (Å²) in [5, 5.41) is 3.27. The highest BCUT2D eigenvalue weighted by Gasteiger charge is 2.16. The molecule has 0 amide bonds. The smallest absolute Gasteiger partial charge is 0.125 e. The molecule has 1 aliphatic rings. The van der Waals surface area contributed by atoms with Crippen LogP contribution in [0, 0.1) is 5.82 Å². The lowest BCUT2D eigenvalue weighted by Crippen LogP contribution is -1.98. The maximum atomic E-state index is 12.9. The molecular weight excluding hydrogens is 177 g/mol. The van der Waals surface area contributed by atoms with Gasteiger partial charge in [0.15, 0.2) is 0 Å². The number of allylic oxidation sites excluding steroid dienone is 2. The zero-order valence-corrected chi connectivity index (χ0v) is 8.31. The van der Waals surface area contributed by atoms with Crippen LogP contribution in [0.5, 0.6) is 0 Å². The Morgan fingerprint density at radius 1 is 1.43 bits per heavy atom. The molecule has 1 fully saturated rings. The second-order valence-electron chi connectivity index (χ2n) is 3.57. The van der Waals surface area contributed by atoms with Crippen molar-refractivity contribution >= 4 is 5.69 Å². The van der Waals surface area contributed by atoms with Crippen molar-refractivity contribution in [3.63, 3.8) is 0 Å². The van der Waals surface area contributed by atoms with E-state index < -0.39 is 0 Å². The van der Waals surface area contributed by atoms with Crippen molar-refractivity contribution in [2.45, 2.75) is 26.2 Å². The first kappa shape index (κ1) is 9.25.